The van der Waals surface area contributed by atoms with Crippen molar-refractivity contribution in [2.75, 3.05) is 32.7 Å². The number of carbonyl (C=O) groups is 1. The zero-order chi connectivity index (χ0) is 27.6. The number of hydrogen-bond acceptors (Lipinski definition) is 5. The summed E-state index contributed by atoms with van der Waals surface area (Å²) in [5.41, 5.74) is 0.298. The monoisotopic (exact) mass is 543 g/mol. The topological polar surface area (TPSA) is 70.0 Å². The summed E-state index contributed by atoms with van der Waals surface area (Å²) in [7, 11) is 0. The van der Waals surface area contributed by atoms with Crippen LogP contribution in [0.1, 0.15) is 91.4 Å². The fourth-order valence-electron chi connectivity index (χ4n) is 11.6. The van der Waals surface area contributed by atoms with Gasteiger partial charge < -0.3 is 19.4 Å². The van der Waals surface area contributed by atoms with Crippen LogP contribution in [0.25, 0.3) is 0 Å². The largest absolute Gasteiger partial charge is 0.456 e. The van der Waals surface area contributed by atoms with Gasteiger partial charge in [-0.05, 0) is 86.5 Å². The second-order valence-electron chi connectivity index (χ2n) is 15.2. The fraction of sp³-hybridized carbons (Fsp3) is 0.909. The molecule has 220 valence electrons. The second-order valence-corrected chi connectivity index (χ2v) is 15.2. The number of carbonyl (C=O) groups excluding carboxylic acids is 1. The fourth-order valence-corrected chi connectivity index (χ4v) is 11.6. The molecule has 10 atom stereocenters. The first kappa shape index (κ1) is 28.2. The molecule has 6 rings (SSSR count). The molecule has 0 unspecified atom stereocenters. The number of hydrogen-bond donors (Lipinski definition) is 2. The van der Waals surface area contributed by atoms with Crippen LogP contribution in [0.2, 0.25) is 0 Å². The van der Waals surface area contributed by atoms with E-state index < -0.39 is 0 Å². The number of piperidine rings is 1. The molecule has 6 heteroatoms. The summed E-state index contributed by atoms with van der Waals surface area (Å²) < 4.78 is 7.43. The van der Waals surface area contributed by atoms with Gasteiger partial charge in [0.25, 0.3) is 0 Å². The highest BCUT2D eigenvalue weighted by molar-refractivity contribution is 5.66. The maximum Gasteiger partial charge on any atom is 0.303 e. The molecule has 2 saturated heterocycles. The molecule has 0 aromatic rings. The SMILES string of the molecule is C=CC[N+]1([C@H]2C[C@H]3[C@@H]4CC[C@H]5C[C@H](O)[C@@H](N6CCC(O)CC6)C[C@]5(C)[C@H]4CC[C@]3(C)[C@H]2OC(C)=O)CCCC1. The number of aliphatic hydroxyl groups excluding tert-OH is 2. The molecular weight excluding hydrogens is 488 g/mol. The highest BCUT2D eigenvalue weighted by Gasteiger charge is 2.67. The van der Waals surface area contributed by atoms with E-state index in [0.717, 1.165) is 56.2 Å². The minimum atomic E-state index is -0.244. The lowest BCUT2D eigenvalue weighted by Gasteiger charge is -2.62. The average molecular weight is 544 g/mol. The van der Waals surface area contributed by atoms with E-state index in [1.165, 1.54) is 51.6 Å². The van der Waals surface area contributed by atoms with Gasteiger partial charge in [-0.3, -0.25) is 9.69 Å². The van der Waals surface area contributed by atoms with Crippen LogP contribution in [0.5, 0.6) is 0 Å². The lowest BCUT2D eigenvalue weighted by molar-refractivity contribution is -0.937. The summed E-state index contributed by atoms with van der Waals surface area (Å²) in [6.45, 7) is 16.0. The lowest BCUT2D eigenvalue weighted by atomic mass is 9.44. The van der Waals surface area contributed by atoms with Crippen LogP contribution < -0.4 is 0 Å². The summed E-state index contributed by atoms with van der Waals surface area (Å²) >= 11 is 0. The number of ether oxygens (including phenoxy) is 1. The minimum absolute atomic E-state index is 0.00485. The van der Waals surface area contributed by atoms with Crippen LogP contribution in [-0.2, 0) is 9.53 Å². The van der Waals surface area contributed by atoms with Gasteiger partial charge in [0, 0.05) is 50.7 Å². The van der Waals surface area contributed by atoms with Gasteiger partial charge in [-0.15, -0.1) is 0 Å². The summed E-state index contributed by atoms with van der Waals surface area (Å²) in [5.74, 6) is 2.45. The maximum absolute atomic E-state index is 12.5. The summed E-state index contributed by atoms with van der Waals surface area (Å²) in [6, 6.07) is 0.608. The molecule has 4 saturated carbocycles. The predicted octanol–water partition coefficient (Wildman–Crippen LogP) is 4.53. The summed E-state index contributed by atoms with van der Waals surface area (Å²) in [4.78, 5) is 15.0. The molecule has 6 fully saturated rings. The van der Waals surface area contributed by atoms with E-state index in [9.17, 15) is 15.0 Å². The summed E-state index contributed by atoms with van der Waals surface area (Å²) in [6.07, 6.45) is 14.0. The van der Waals surface area contributed by atoms with Crippen molar-refractivity contribution in [3.8, 4) is 0 Å². The molecular formula is C33H55N2O4+. The van der Waals surface area contributed by atoms with Crippen molar-refractivity contribution in [1.82, 2.24) is 4.90 Å². The zero-order valence-corrected chi connectivity index (χ0v) is 24.9. The molecule has 0 spiro atoms. The molecule has 2 heterocycles. The standard InChI is InChI=1S/C33H55N2O4/c1-5-16-35(17-6-7-18-35)29-20-27-25-9-8-23-19-30(38)28(34-14-11-24(37)12-15-34)21-33(23,4)26(25)10-13-32(27,3)31(29)39-22(2)36/h5,23-31,37-38H,1,6-21H2,2-4H3/q+1/t23-,25+,26-,27-,28-,29-,30-,31-,32-,33-/m0/s1. The van der Waals surface area contributed by atoms with Crippen LogP contribution >= 0.6 is 0 Å². The Bertz CT molecular complexity index is 927. The Morgan fingerprint density at radius 3 is 2.41 bits per heavy atom. The molecule has 0 amide bonds. The Balaban J connectivity index is 1.29. The van der Waals surface area contributed by atoms with Crippen LogP contribution in [0, 0.1) is 34.5 Å². The third kappa shape index (κ3) is 4.55. The van der Waals surface area contributed by atoms with Crippen LogP contribution in [0.15, 0.2) is 12.7 Å². The Morgan fingerprint density at radius 1 is 1.03 bits per heavy atom. The highest BCUT2D eigenvalue weighted by atomic mass is 16.5. The molecule has 2 aliphatic heterocycles. The number of rotatable bonds is 5. The molecule has 0 bridgehead atoms. The smallest absolute Gasteiger partial charge is 0.303 e. The predicted molar refractivity (Wildman–Crippen MR) is 153 cm³/mol. The summed E-state index contributed by atoms with van der Waals surface area (Å²) in [5, 5.41) is 21.4. The number of fused-ring (bicyclic) bond motifs is 5. The number of quaternary nitrogens is 1. The van der Waals surface area contributed by atoms with E-state index in [4.69, 9.17) is 4.74 Å². The van der Waals surface area contributed by atoms with E-state index >= 15 is 0 Å². The number of aliphatic hydroxyl groups is 2. The Morgan fingerprint density at radius 2 is 1.74 bits per heavy atom. The van der Waals surface area contributed by atoms with Gasteiger partial charge >= 0.3 is 5.97 Å². The molecule has 39 heavy (non-hydrogen) atoms. The molecule has 6 aliphatic rings. The zero-order valence-electron chi connectivity index (χ0n) is 24.9. The van der Waals surface area contributed by atoms with E-state index in [1.54, 1.807) is 6.92 Å². The lowest BCUT2D eigenvalue weighted by Crippen LogP contribution is -2.61. The molecule has 6 nitrogen and oxygen atoms in total. The first-order valence-corrected chi connectivity index (χ1v) is 16.4. The second kappa shape index (κ2) is 10.4. The van der Waals surface area contributed by atoms with Crippen molar-refractivity contribution in [2.45, 2.75) is 122 Å². The third-order valence-corrected chi connectivity index (χ3v) is 13.5. The molecule has 0 radical (unpaired) electrons. The van der Waals surface area contributed by atoms with Crippen molar-refractivity contribution >= 4 is 5.97 Å². The highest BCUT2D eigenvalue weighted by Crippen LogP contribution is 2.67. The number of esters is 1. The van der Waals surface area contributed by atoms with Crippen LogP contribution in [0.3, 0.4) is 0 Å². The van der Waals surface area contributed by atoms with Crippen molar-refractivity contribution < 1.29 is 24.2 Å². The van der Waals surface area contributed by atoms with Gasteiger partial charge in [-0.25, -0.2) is 0 Å². The van der Waals surface area contributed by atoms with E-state index in [1.807, 2.05) is 0 Å². The Hall–Kier alpha value is -0.950. The average Bonchev–Trinajstić information content (AvgIpc) is 3.48. The van der Waals surface area contributed by atoms with Gasteiger partial charge in [0.1, 0.15) is 6.04 Å². The van der Waals surface area contributed by atoms with E-state index in [-0.39, 0.29) is 41.2 Å². The van der Waals surface area contributed by atoms with Gasteiger partial charge in [0.2, 0.25) is 0 Å². The van der Waals surface area contributed by atoms with Gasteiger partial charge in [0.15, 0.2) is 6.10 Å². The number of likely N-dealkylation sites (tertiary alicyclic amines) is 2. The first-order valence-electron chi connectivity index (χ1n) is 16.4. The quantitative estimate of drug-likeness (QED) is 0.303. The van der Waals surface area contributed by atoms with E-state index in [2.05, 4.69) is 31.4 Å². The Kier molecular flexibility index (Phi) is 7.51. The van der Waals surface area contributed by atoms with Gasteiger partial charge in [-0.1, -0.05) is 20.4 Å². The molecule has 0 aromatic heterocycles. The van der Waals surface area contributed by atoms with Crippen LogP contribution in [-0.4, -0.2) is 88.7 Å². The van der Waals surface area contributed by atoms with Gasteiger partial charge in [0.05, 0.1) is 31.8 Å². The van der Waals surface area contributed by atoms with Gasteiger partial charge in [-0.2, -0.15) is 0 Å². The molecule has 4 aliphatic carbocycles. The maximum atomic E-state index is 12.5. The third-order valence-electron chi connectivity index (χ3n) is 13.5. The van der Waals surface area contributed by atoms with E-state index in [0.29, 0.717) is 29.7 Å². The van der Waals surface area contributed by atoms with Crippen molar-refractivity contribution in [3.63, 3.8) is 0 Å². The first-order chi connectivity index (χ1) is 18.6. The van der Waals surface area contributed by atoms with Crippen molar-refractivity contribution in [3.05, 3.63) is 12.7 Å². The normalized spacial score (nSPS) is 48.1. The number of nitrogens with zero attached hydrogens (tertiary/aromatic N) is 2. The van der Waals surface area contributed by atoms with Crippen LogP contribution in [0.4, 0.5) is 0 Å². The molecule has 2 N–H and O–H groups in total. The Labute approximate surface area is 236 Å². The minimum Gasteiger partial charge on any atom is -0.456 e. The van der Waals surface area contributed by atoms with Crippen molar-refractivity contribution in [2.24, 2.45) is 34.5 Å². The molecule has 0 aromatic carbocycles. The van der Waals surface area contributed by atoms with Crippen molar-refractivity contribution in [1.29, 1.82) is 0 Å².